The Balaban J connectivity index is 1.88. The molecule has 1 aliphatic heterocycles. The number of amides is 1. The van der Waals surface area contributed by atoms with Gasteiger partial charge in [-0.3, -0.25) is 4.79 Å². The molecule has 1 aromatic carbocycles. The van der Waals surface area contributed by atoms with Crippen LogP contribution < -0.4 is 5.32 Å². The van der Waals surface area contributed by atoms with Gasteiger partial charge in [-0.2, -0.15) is 4.31 Å². The number of anilines is 1. The van der Waals surface area contributed by atoms with E-state index >= 15 is 0 Å². The summed E-state index contributed by atoms with van der Waals surface area (Å²) < 4.78 is 45.8. The molecular formula is C16H17FN2O4S2. The minimum atomic E-state index is -3.98. The van der Waals surface area contributed by atoms with Gasteiger partial charge in [0.25, 0.3) is 5.91 Å². The molecule has 1 amide bonds. The highest BCUT2D eigenvalue weighted by molar-refractivity contribution is 7.89. The van der Waals surface area contributed by atoms with Crippen LogP contribution in [0.15, 0.2) is 34.5 Å². The molecule has 1 fully saturated rings. The molecule has 6 nitrogen and oxygen atoms in total. The van der Waals surface area contributed by atoms with Crippen molar-refractivity contribution in [2.45, 2.75) is 11.8 Å². The highest BCUT2D eigenvalue weighted by Crippen LogP contribution is 2.25. The Morgan fingerprint density at radius 1 is 1.28 bits per heavy atom. The molecular weight excluding hydrogens is 367 g/mol. The molecule has 1 aromatic heterocycles. The van der Waals surface area contributed by atoms with E-state index in [0.717, 1.165) is 17.7 Å². The number of carbonyl (C=O) groups excluding carboxylic acids is 1. The monoisotopic (exact) mass is 384 g/mol. The van der Waals surface area contributed by atoms with Gasteiger partial charge in [-0.25, -0.2) is 12.8 Å². The van der Waals surface area contributed by atoms with E-state index < -0.39 is 20.7 Å². The van der Waals surface area contributed by atoms with Crippen molar-refractivity contribution in [1.82, 2.24) is 4.31 Å². The summed E-state index contributed by atoms with van der Waals surface area (Å²) in [5.41, 5.74) is 1.05. The molecule has 25 heavy (non-hydrogen) atoms. The summed E-state index contributed by atoms with van der Waals surface area (Å²) in [5, 5.41) is 4.42. The van der Waals surface area contributed by atoms with Crippen LogP contribution in [0.3, 0.4) is 0 Å². The number of sulfonamides is 1. The maximum Gasteiger partial charge on any atom is 0.265 e. The first-order chi connectivity index (χ1) is 11.9. The fourth-order valence-electron chi connectivity index (χ4n) is 2.50. The molecule has 2 aromatic rings. The number of nitrogens with zero attached hydrogens (tertiary/aromatic N) is 1. The van der Waals surface area contributed by atoms with E-state index in [1.807, 2.05) is 13.0 Å². The van der Waals surface area contributed by atoms with Gasteiger partial charge in [0.2, 0.25) is 10.0 Å². The molecule has 0 radical (unpaired) electrons. The molecule has 0 atom stereocenters. The van der Waals surface area contributed by atoms with Gasteiger partial charge in [0.1, 0.15) is 10.7 Å². The van der Waals surface area contributed by atoms with Crippen LogP contribution in [0.2, 0.25) is 0 Å². The molecule has 1 N–H and O–H groups in total. The van der Waals surface area contributed by atoms with Gasteiger partial charge in [0.05, 0.1) is 18.1 Å². The summed E-state index contributed by atoms with van der Waals surface area (Å²) in [7, 11) is -3.98. The van der Waals surface area contributed by atoms with Crippen molar-refractivity contribution in [2.75, 3.05) is 31.6 Å². The zero-order valence-electron chi connectivity index (χ0n) is 13.5. The molecule has 0 unspecified atom stereocenters. The lowest BCUT2D eigenvalue weighted by Gasteiger charge is -2.26. The van der Waals surface area contributed by atoms with Gasteiger partial charge in [0, 0.05) is 18.8 Å². The number of nitrogens with one attached hydrogen (secondary N) is 1. The van der Waals surface area contributed by atoms with Gasteiger partial charge >= 0.3 is 0 Å². The summed E-state index contributed by atoms with van der Waals surface area (Å²) in [6, 6.07) is 5.36. The SMILES string of the molecule is Cc1ccsc1C(=O)Nc1ccc(F)c(S(=O)(=O)N2CCOCC2)c1. The van der Waals surface area contributed by atoms with Crippen molar-refractivity contribution in [2.24, 2.45) is 0 Å². The van der Waals surface area contributed by atoms with Crippen LogP contribution in [0.1, 0.15) is 15.2 Å². The van der Waals surface area contributed by atoms with E-state index in [2.05, 4.69) is 5.32 Å². The van der Waals surface area contributed by atoms with Gasteiger partial charge in [0.15, 0.2) is 0 Å². The average molecular weight is 384 g/mol. The van der Waals surface area contributed by atoms with Gasteiger partial charge in [-0.1, -0.05) is 0 Å². The quantitative estimate of drug-likeness (QED) is 0.879. The third kappa shape index (κ3) is 3.74. The lowest BCUT2D eigenvalue weighted by atomic mass is 10.2. The van der Waals surface area contributed by atoms with Crippen molar-refractivity contribution >= 4 is 33.0 Å². The number of halogens is 1. The fourth-order valence-corrected chi connectivity index (χ4v) is 4.82. The van der Waals surface area contributed by atoms with Crippen molar-refractivity contribution in [3.05, 3.63) is 45.9 Å². The highest BCUT2D eigenvalue weighted by atomic mass is 32.2. The number of carbonyl (C=O) groups is 1. The van der Waals surface area contributed by atoms with E-state index in [4.69, 9.17) is 4.74 Å². The Bertz CT molecular complexity index is 889. The van der Waals surface area contributed by atoms with Crippen LogP contribution in [-0.2, 0) is 14.8 Å². The lowest BCUT2D eigenvalue weighted by molar-refractivity contribution is 0.0729. The summed E-state index contributed by atoms with van der Waals surface area (Å²) in [6.45, 7) is 2.70. The molecule has 0 spiro atoms. The third-order valence-electron chi connectivity index (χ3n) is 3.85. The van der Waals surface area contributed by atoms with E-state index in [9.17, 15) is 17.6 Å². The molecule has 9 heteroatoms. The predicted molar refractivity (Wildman–Crippen MR) is 93.0 cm³/mol. The zero-order valence-corrected chi connectivity index (χ0v) is 15.1. The molecule has 3 rings (SSSR count). The number of aryl methyl sites for hydroxylation is 1. The number of rotatable bonds is 4. The number of ether oxygens (including phenoxy) is 1. The topological polar surface area (TPSA) is 75.7 Å². The molecule has 0 saturated carbocycles. The Labute approximate surface area is 149 Å². The van der Waals surface area contributed by atoms with Gasteiger partial charge in [-0.15, -0.1) is 11.3 Å². The Hall–Kier alpha value is -1.81. The normalized spacial score (nSPS) is 15.9. The second-order valence-electron chi connectivity index (χ2n) is 5.55. The van der Waals surface area contributed by atoms with Crippen LogP contribution in [0.4, 0.5) is 10.1 Å². The van der Waals surface area contributed by atoms with Gasteiger partial charge in [-0.05, 0) is 42.1 Å². The predicted octanol–water partition coefficient (Wildman–Crippen LogP) is 2.47. The average Bonchev–Trinajstić information content (AvgIpc) is 3.03. The summed E-state index contributed by atoms with van der Waals surface area (Å²) >= 11 is 1.29. The van der Waals surface area contributed by atoms with Crippen LogP contribution in [0, 0.1) is 12.7 Å². The summed E-state index contributed by atoms with van der Waals surface area (Å²) in [4.78, 5) is 12.4. The van der Waals surface area contributed by atoms with Crippen LogP contribution in [-0.4, -0.2) is 44.9 Å². The first-order valence-electron chi connectivity index (χ1n) is 7.62. The molecule has 1 aliphatic rings. The van der Waals surface area contributed by atoms with E-state index in [-0.39, 0.29) is 37.9 Å². The van der Waals surface area contributed by atoms with Crippen LogP contribution in [0.5, 0.6) is 0 Å². The third-order valence-corrected chi connectivity index (χ3v) is 6.77. The first kappa shape index (κ1) is 18.0. The summed E-state index contributed by atoms with van der Waals surface area (Å²) in [6.07, 6.45) is 0. The fraction of sp³-hybridized carbons (Fsp3) is 0.312. The highest BCUT2D eigenvalue weighted by Gasteiger charge is 2.29. The van der Waals surface area contributed by atoms with E-state index in [1.165, 1.54) is 21.7 Å². The Morgan fingerprint density at radius 2 is 2.00 bits per heavy atom. The number of hydrogen-bond donors (Lipinski definition) is 1. The molecule has 2 heterocycles. The second-order valence-corrected chi connectivity index (χ2v) is 8.37. The zero-order chi connectivity index (χ0) is 18.0. The number of benzene rings is 1. The standard InChI is InChI=1S/C16H17FN2O4S2/c1-11-4-9-24-15(11)16(20)18-12-2-3-13(17)14(10-12)25(21,22)19-5-7-23-8-6-19/h2-4,9-10H,5-8H2,1H3,(H,18,20). The molecule has 134 valence electrons. The lowest BCUT2D eigenvalue weighted by Crippen LogP contribution is -2.40. The van der Waals surface area contributed by atoms with Crippen LogP contribution >= 0.6 is 11.3 Å². The smallest absolute Gasteiger partial charge is 0.265 e. The number of hydrogen-bond acceptors (Lipinski definition) is 5. The Kier molecular flexibility index (Phi) is 5.19. The molecule has 0 aliphatic carbocycles. The second kappa shape index (κ2) is 7.20. The van der Waals surface area contributed by atoms with Crippen molar-refractivity contribution in [3.63, 3.8) is 0 Å². The van der Waals surface area contributed by atoms with Gasteiger partial charge < -0.3 is 10.1 Å². The maximum absolute atomic E-state index is 14.1. The Morgan fingerprint density at radius 3 is 2.64 bits per heavy atom. The molecule has 0 bridgehead atoms. The van der Waals surface area contributed by atoms with Crippen LogP contribution in [0.25, 0.3) is 0 Å². The minimum absolute atomic E-state index is 0.173. The van der Waals surface area contributed by atoms with Crippen molar-refractivity contribution in [3.8, 4) is 0 Å². The minimum Gasteiger partial charge on any atom is -0.379 e. The van der Waals surface area contributed by atoms with E-state index in [0.29, 0.717) is 4.88 Å². The number of thiophene rings is 1. The largest absolute Gasteiger partial charge is 0.379 e. The number of morpholine rings is 1. The van der Waals surface area contributed by atoms with Crippen molar-refractivity contribution < 1.29 is 22.3 Å². The van der Waals surface area contributed by atoms with Crippen molar-refractivity contribution in [1.29, 1.82) is 0 Å². The maximum atomic E-state index is 14.1. The van der Waals surface area contributed by atoms with E-state index in [1.54, 1.807) is 5.38 Å². The summed E-state index contributed by atoms with van der Waals surface area (Å²) in [5.74, 6) is -1.20. The first-order valence-corrected chi connectivity index (χ1v) is 9.94. The molecule has 1 saturated heterocycles.